The Morgan fingerprint density at radius 1 is 0.859 bits per heavy atom. The van der Waals surface area contributed by atoms with E-state index >= 15 is 8.78 Å². The van der Waals surface area contributed by atoms with Crippen LogP contribution in [0.3, 0.4) is 0 Å². The molecule has 5 heterocycles. The fourth-order valence-electron chi connectivity index (χ4n) is 10.3. The molecule has 1 aromatic heterocycles. The molecule has 0 saturated carbocycles. The number of benzene rings is 3. The van der Waals surface area contributed by atoms with Gasteiger partial charge in [0.15, 0.2) is 6.10 Å². The number of alkyl halides is 1. The van der Waals surface area contributed by atoms with Gasteiger partial charge >= 0.3 is 12.1 Å². The lowest BCUT2D eigenvalue weighted by Gasteiger charge is -2.40. The summed E-state index contributed by atoms with van der Waals surface area (Å²) in [6.07, 6.45) is -5.39. The molecule has 8 atom stereocenters. The van der Waals surface area contributed by atoms with Gasteiger partial charge in [0.25, 0.3) is 11.8 Å². The van der Waals surface area contributed by atoms with Crippen LogP contribution in [-0.4, -0.2) is 182 Å². The van der Waals surface area contributed by atoms with Crippen molar-refractivity contribution in [3.63, 3.8) is 0 Å². The van der Waals surface area contributed by atoms with Gasteiger partial charge in [-0.25, -0.2) is 27.7 Å². The number of carbonyl (C=O) groups is 7. The summed E-state index contributed by atoms with van der Waals surface area (Å²) in [5, 5.41) is 51.8. The number of aliphatic carboxylic acids is 1. The van der Waals surface area contributed by atoms with Crippen LogP contribution in [0.15, 0.2) is 85.1 Å². The summed E-state index contributed by atoms with van der Waals surface area (Å²) in [4.78, 5) is 96.7. The number of nitrogens with one attached hydrogen (secondary N) is 4. The fourth-order valence-corrected chi connectivity index (χ4v) is 11.1. The minimum atomic E-state index is -2.01. The third-order valence-corrected chi connectivity index (χ3v) is 15.8. The van der Waals surface area contributed by atoms with Gasteiger partial charge < -0.3 is 70.1 Å². The lowest BCUT2D eigenvalue weighted by molar-refractivity contribution is -0.271. The third-order valence-electron chi connectivity index (χ3n) is 14.9. The van der Waals surface area contributed by atoms with E-state index in [1.165, 1.54) is 42.1 Å². The van der Waals surface area contributed by atoms with E-state index in [-0.39, 0.29) is 122 Å². The number of imide groups is 1. The summed E-state index contributed by atoms with van der Waals surface area (Å²) in [7, 11) is 0. The molecule has 0 radical (unpaired) electrons. The topological polar surface area (TPSA) is 310 Å². The van der Waals surface area contributed by atoms with Crippen LogP contribution in [0.1, 0.15) is 67.9 Å². The van der Waals surface area contributed by atoms with Gasteiger partial charge in [0.1, 0.15) is 54.3 Å². The first-order valence-corrected chi connectivity index (χ1v) is 29.2. The lowest BCUT2D eigenvalue weighted by atomic mass is 9.88. The Labute approximate surface area is 491 Å². The van der Waals surface area contributed by atoms with Crippen molar-refractivity contribution in [2.75, 3.05) is 69.3 Å². The van der Waals surface area contributed by atoms with Crippen LogP contribution in [0, 0.1) is 23.5 Å². The number of amides is 6. The number of nitrogens with zero attached hydrogens (tertiary/aromatic N) is 4. The van der Waals surface area contributed by atoms with E-state index in [4.69, 9.17) is 23.9 Å². The molecule has 3 aromatic carbocycles. The molecule has 4 aromatic rings. The van der Waals surface area contributed by atoms with Gasteiger partial charge in [0.2, 0.25) is 24.0 Å². The number of carboxylic acids is 1. The van der Waals surface area contributed by atoms with E-state index in [9.17, 15) is 58.4 Å². The third kappa shape index (κ3) is 17.4. The Hall–Kier alpha value is -7.40. The molecule has 0 spiro atoms. The van der Waals surface area contributed by atoms with E-state index in [1.54, 1.807) is 11.1 Å². The summed E-state index contributed by atoms with van der Waals surface area (Å²) >= 11 is 1.21. The Morgan fingerprint density at radius 3 is 2.35 bits per heavy atom. The van der Waals surface area contributed by atoms with Crippen molar-refractivity contribution in [1.82, 2.24) is 35.3 Å². The van der Waals surface area contributed by atoms with Crippen molar-refractivity contribution in [3.8, 4) is 17.0 Å². The number of carboxylic acid groups (broad SMARTS) is 1. The quantitative estimate of drug-likeness (QED) is 0.0298. The summed E-state index contributed by atoms with van der Waals surface area (Å²) < 4.78 is 69.7. The van der Waals surface area contributed by atoms with Crippen molar-refractivity contribution < 1.29 is 86.1 Å². The van der Waals surface area contributed by atoms with Crippen LogP contribution in [0.5, 0.6) is 5.75 Å². The highest BCUT2D eigenvalue weighted by molar-refractivity contribution is 7.99. The largest absolute Gasteiger partial charge is 0.479 e. The van der Waals surface area contributed by atoms with Crippen LogP contribution >= 0.6 is 11.8 Å². The first-order valence-electron chi connectivity index (χ1n) is 28.0. The maximum atomic E-state index is 15.5. The number of ether oxygens (including phenoxy) is 4. The van der Waals surface area contributed by atoms with E-state index in [2.05, 4.69) is 21.3 Å². The maximum absolute atomic E-state index is 15.5. The number of halogens is 3. The Balaban J connectivity index is 0.889. The normalized spacial score (nSPS) is 21.8. The average Bonchev–Trinajstić information content (AvgIpc) is 2.74. The molecule has 27 heteroatoms. The number of imidazole rings is 1. The van der Waals surface area contributed by atoms with Gasteiger partial charge in [0, 0.05) is 107 Å². The molecule has 0 bridgehead atoms. The molecule has 8 N–H and O–H groups in total. The van der Waals surface area contributed by atoms with Crippen LogP contribution in [0.2, 0.25) is 0 Å². The number of rotatable bonds is 28. The molecule has 8 rings (SSSR count). The summed E-state index contributed by atoms with van der Waals surface area (Å²) in [6.45, 7) is 1.36. The zero-order valence-electron chi connectivity index (χ0n) is 46.3. The molecule has 23 nitrogen and oxygen atoms in total. The first-order chi connectivity index (χ1) is 40.9. The first kappa shape index (κ1) is 63.6. The minimum Gasteiger partial charge on any atom is -0.479 e. The van der Waals surface area contributed by atoms with E-state index in [0.29, 0.717) is 63.3 Å². The van der Waals surface area contributed by atoms with Gasteiger partial charge in [-0.05, 0) is 73.1 Å². The van der Waals surface area contributed by atoms with Crippen molar-refractivity contribution >= 4 is 59.0 Å². The molecule has 0 unspecified atom stereocenters. The number of hydrogen-bond donors (Lipinski definition) is 8. The van der Waals surface area contributed by atoms with Gasteiger partial charge in [-0.1, -0.05) is 42.8 Å². The van der Waals surface area contributed by atoms with Gasteiger partial charge in [-0.3, -0.25) is 28.9 Å². The second-order valence-electron chi connectivity index (χ2n) is 21.0. The monoisotopic (exact) mass is 1210 g/mol. The van der Waals surface area contributed by atoms with Crippen molar-refractivity contribution in [3.05, 3.63) is 114 Å². The molecule has 0 aliphatic carbocycles. The number of aromatic nitrogens is 2. The molecule has 4 aliphatic rings. The zero-order valence-corrected chi connectivity index (χ0v) is 47.1. The number of unbranched alkanes of at least 4 members (excludes halogenated alkanes) is 2. The molecular formula is C58H69F3N8O15S. The average molecular weight is 1210 g/mol. The van der Waals surface area contributed by atoms with Crippen LogP contribution < -0.4 is 26.0 Å². The second kappa shape index (κ2) is 30.6. The zero-order chi connectivity index (χ0) is 60.6. The number of carbonyl (C=O) groups excluding carboxylic acids is 6. The van der Waals surface area contributed by atoms with Gasteiger partial charge in [-0.15, -0.1) is 0 Å². The predicted molar refractivity (Wildman–Crippen MR) is 300 cm³/mol. The lowest BCUT2D eigenvalue weighted by Crippen LogP contribution is -2.61. The standard InChI is InChI=1S/C58H69F3N8O15S/c59-38-11-12-40(60)39(26-38)43-31-67(29-34-7-3-1-4-8-34)55(66-43)50(36-17-22-81-23-18-36)69(30-37-27-62-28-41(37)61)49(74)33-85-24-20-64-58(80)82-32-35-10-13-44(83-57-53(77)51(75)52(76)54(84-57)56(78)79)42(25-35)65-46(71)16-19-63-45(70)9-5-2-6-21-68-47(72)14-15-48(68)73/h1,3-4,7-8,10-15,25-26,31,36-37,41,50-54,57,62,75-77H,2,5-6,9,16-24,27-30,32-33H2,(H,63,70)(H,64,80)(H,65,71)(H,78,79)/t37-,41-,50+,51-,52-,53+,54+,57-/m0/s1. The number of alkyl carbamates (subject to hydrolysis) is 1. The number of aliphatic hydroxyl groups excluding tert-OH is 3. The molecule has 458 valence electrons. The highest BCUT2D eigenvalue weighted by Gasteiger charge is 2.48. The summed E-state index contributed by atoms with van der Waals surface area (Å²) in [5.41, 5.74) is 1.22. The Morgan fingerprint density at radius 2 is 1.62 bits per heavy atom. The van der Waals surface area contributed by atoms with E-state index in [0.717, 1.165) is 28.7 Å². The highest BCUT2D eigenvalue weighted by Crippen LogP contribution is 2.39. The van der Waals surface area contributed by atoms with Crippen molar-refractivity contribution in [2.45, 2.75) is 101 Å². The van der Waals surface area contributed by atoms with Gasteiger partial charge in [0.05, 0.1) is 23.2 Å². The Kier molecular flexibility index (Phi) is 22.9. The molecular weight excluding hydrogens is 1140 g/mol. The number of thioether (sulfide) groups is 1. The van der Waals surface area contributed by atoms with Crippen molar-refractivity contribution in [2.24, 2.45) is 11.8 Å². The summed E-state index contributed by atoms with van der Waals surface area (Å²) in [5.74, 6) is -5.46. The predicted octanol–water partition coefficient (Wildman–Crippen LogP) is 3.59. The van der Waals surface area contributed by atoms with Crippen molar-refractivity contribution in [1.29, 1.82) is 0 Å². The second-order valence-corrected chi connectivity index (χ2v) is 22.1. The van der Waals surface area contributed by atoms with Crippen LogP contribution in [0.4, 0.5) is 23.7 Å². The van der Waals surface area contributed by atoms with Crippen LogP contribution in [0.25, 0.3) is 11.3 Å². The fraction of sp³-hybridized carbons (Fsp3) is 0.483. The minimum absolute atomic E-state index is 0.0326. The molecule has 4 aliphatic heterocycles. The maximum Gasteiger partial charge on any atom is 0.407 e. The van der Waals surface area contributed by atoms with Gasteiger partial charge in [-0.2, -0.15) is 11.8 Å². The molecule has 3 saturated heterocycles. The smallest absolute Gasteiger partial charge is 0.407 e. The van der Waals surface area contributed by atoms with E-state index < -0.39 is 78.4 Å². The number of hydrogen-bond acceptors (Lipinski definition) is 17. The molecule has 6 amide bonds. The molecule has 3 fully saturated rings. The SMILES string of the molecule is O=C(CCCCCN1C(=O)C=CC1=O)NCCC(=O)Nc1cc(COC(=O)NCCSCC(=O)N(C[C@@H]2CNC[C@@H]2F)[C@@H](c2nc(-c3cc(F)ccc3F)cn2Cc2ccccc2)C2CCOCC2)ccc1O[C@H]1O[C@@H](C(=O)O)[C@@H](O)[C@H](O)[C@H]1O. The van der Waals surface area contributed by atoms with Crippen LogP contribution in [-0.2, 0) is 56.1 Å². The summed E-state index contributed by atoms with van der Waals surface area (Å²) in [6, 6.07) is 15.9. The number of anilines is 1. The number of aliphatic hydroxyl groups is 3. The molecule has 85 heavy (non-hydrogen) atoms. The Bertz CT molecular complexity index is 3010. The van der Waals surface area contributed by atoms with E-state index in [1.807, 2.05) is 34.9 Å². The highest BCUT2D eigenvalue weighted by atomic mass is 32.2.